The third-order valence-corrected chi connectivity index (χ3v) is 3.27. The van der Waals surface area contributed by atoms with Crippen LogP contribution in [0.4, 0.5) is 14.5 Å². The fourth-order valence-corrected chi connectivity index (χ4v) is 1.96. The van der Waals surface area contributed by atoms with Gasteiger partial charge in [-0.3, -0.25) is 4.79 Å². The summed E-state index contributed by atoms with van der Waals surface area (Å²) in [5.74, 6) is 0.278. The van der Waals surface area contributed by atoms with Gasteiger partial charge in [-0.25, -0.2) is 0 Å². The van der Waals surface area contributed by atoms with Crippen molar-refractivity contribution in [3.05, 3.63) is 52.1 Å². The monoisotopic (exact) mass is 419 g/mol. The Labute approximate surface area is 139 Å². The number of rotatable bonds is 6. The van der Waals surface area contributed by atoms with Crippen molar-refractivity contribution < 1.29 is 23.0 Å². The van der Waals surface area contributed by atoms with Gasteiger partial charge in [0.2, 0.25) is 0 Å². The molecule has 0 heterocycles. The first-order valence-electron chi connectivity index (χ1n) is 6.26. The number of ether oxygens (including phenoxy) is 2. The minimum Gasteiger partial charge on any atom is -0.484 e. The first kappa shape index (κ1) is 16.5. The molecule has 0 bridgehead atoms. The summed E-state index contributed by atoms with van der Waals surface area (Å²) in [5.41, 5.74) is 0.470. The lowest BCUT2D eigenvalue weighted by atomic mass is 10.3. The van der Waals surface area contributed by atoms with E-state index in [1.54, 1.807) is 12.1 Å². The van der Waals surface area contributed by atoms with E-state index in [4.69, 9.17) is 4.74 Å². The van der Waals surface area contributed by atoms with Crippen molar-refractivity contribution in [3.63, 3.8) is 0 Å². The van der Waals surface area contributed by atoms with Crippen LogP contribution in [-0.2, 0) is 4.79 Å². The molecule has 2 aromatic carbocycles. The summed E-state index contributed by atoms with van der Waals surface area (Å²) in [4.78, 5) is 11.7. The number of nitrogens with one attached hydrogen (secondary N) is 1. The molecule has 22 heavy (non-hydrogen) atoms. The van der Waals surface area contributed by atoms with Crippen LogP contribution in [0, 0.1) is 3.57 Å². The van der Waals surface area contributed by atoms with Crippen LogP contribution in [0.15, 0.2) is 48.5 Å². The van der Waals surface area contributed by atoms with E-state index in [2.05, 4.69) is 32.6 Å². The molecule has 0 fully saturated rings. The van der Waals surface area contributed by atoms with Gasteiger partial charge in [-0.2, -0.15) is 8.78 Å². The van der Waals surface area contributed by atoms with E-state index in [9.17, 15) is 13.6 Å². The van der Waals surface area contributed by atoms with Gasteiger partial charge in [0, 0.05) is 9.26 Å². The van der Waals surface area contributed by atoms with Gasteiger partial charge in [-0.15, -0.1) is 0 Å². The van der Waals surface area contributed by atoms with Crippen LogP contribution in [0.3, 0.4) is 0 Å². The third-order valence-electron chi connectivity index (χ3n) is 2.55. The van der Waals surface area contributed by atoms with Crippen LogP contribution in [0.2, 0.25) is 0 Å². The quantitative estimate of drug-likeness (QED) is 0.723. The zero-order valence-electron chi connectivity index (χ0n) is 11.3. The summed E-state index contributed by atoms with van der Waals surface area (Å²) in [6.07, 6.45) is 0. The second kappa shape index (κ2) is 7.92. The molecule has 116 valence electrons. The van der Waals surface area contributed by atoms with Crippen molar-refractivity contribution in [1.82, 2.24) is 0 Å². The first-order valence-corrected chi connectivity index (χ1v) is 7.34. The Balaban J connectivity index is 1.82. The van der Waals surface area contributed by atoms with Gasteiger partial charge in [0.25, 0.3) is 5.91 Å². The van der Waals surface area contributed by atoms with E-state index in [1.807, 2.05) is 12.1 Å². The first-order chi connectivity index (χ1) is 10.5. The number of carbonyl (C=O) groups excluding carboxylic acids is 1. The molecule has 2 rings (SSSR count). The zero-order valence-corrected chi connectivity index (χ0v) is 13.4. The highest BCUT2D eigenvalue weighted by Crippen LogP contribution is 2.18. The summed E-state index contributed by atoms with van der Waals surface area (Å²) >= 11 is 2.17. The van der Waals surface area contributed by atoms with E-state index < -0.39 is 6.61 Å². The normalized spacial score (nSPS) is 10.4. The van der Waals surface area contributed by atoms with Gasteiger partial charge in [0.1, 0.15) is 11.5 Å². The van der Waals surface area contributed by atoms with E-state index in [1.165, 1.54) is 24.3 Å². The van der Waals surface area contributed by atoms with Crippen molar-refractivity contribution >= 4 is 34.2 Å². The number of alkyl halides is 2. The van der Waals surface area contributed by atoms with Gasteiger partial charge >= 0.3 is 6.61 Å². The van der Waals surface area contributed by atoms with Gasteiger partial charge in [0.05, 0.1) is 0 Å². The SMILES string of the molecule is O=C(COc1ccc(I)cc1)Nc1ccc(OC(F)F)cc1. The number of benzene rings is 2. The molecule has 0 aromatic heterocycles. The molecule has 1 amide bonds. The van der Waals surface area contributed by atoms with Gasteiger partial charge in [0.15, 0.2) is 6.61 Å². The second-order valence-electron chi connectivity index (χ2n) is 4.19. The van der Waals surface area contributed by atoms with Crippen LogP contribution >= 0.6 is 22.6 Å². The molecule has 0 aliphatic rings. The Bertz CT molecular complexity index is 618. The number of amides is 1. The number of halogens is 3. The predicted octanol–water partition coefficient (Wildman–Crippen LogP) is 3.91. The van der Waals surface area contributed by atoms with Crippen LogP contribution < -0.4 is 14.8 Å². The number of carbonyl (C=O) groups is 1. The average molecular weight is 419 g/mol. The molecule has 2 aromatic rings. The fourth-order valence-electron chi connectivity index (χ4n) is 1.60. The van der Waals surface area contributed by atoms with Crippen LogP contribution in [0.5, 0.6) is 11.5 Å². The molecule has 7 heteroatoms. The Kier molecular flexibility index (Phi) is 5.93. The zero-order chi connectivity index (χ0) is 15.9. The van der Waals surface area contributed by atoms with E-state index >= 15 is 0 Å². The van der Waals surface area contributed by atoms with Gasteiger partial charge in [-0.1, -0.05) is 0 Å². The highest BCUT2D eigenvalue weighted by molar-refractivity contribution is 14.1. The Hall–Kier alpha value is -1.90. The van der Waals surface area contributed by atoms with Crippen molar-refractivity contribution in [2.45, 2.75) is 6.61 Å². The minimum absolute atomic E-state index is 0.0307. The largest absolute Gasteiger partial charge is 0.484 e. The third kappa shape index (κ3) is 5.47. The van der Waals surface area contributed by atoms with Crippen molar-refractivity contribution in [3.8, 4) is 11.5 Å². The highest BCUT2D eigenvalue weighted by atomic mass is 127. The maximum atomic E-state index is 12.0. The van der Waals surface area contributed by atoms with Crippen molar-refractivity contribution in [1.29, 1.82) is 0 Å². The fraction of sp³-hybridized carbons (Fsp3) is 0.133. The van der Waals surface area contributed by atoms with Crippen LogP contribution in [0.1, 0.15) is 0 Å². The smallest absolute Gasteiger partial charge is 0.387 e. The predicted molar refractivity (Wildman–Crippen MR) is 86.4 cm³/mol. The Morgan fingerprint density at radius 1 is 1.05 bits per heavy atom. The number of anilines is 1. The molecular formula is C15H12F2INO3. The lowest BCUT2D eigenvalue weighted by molar-refractivity contribution is -0.118. The lowest BCUT2D eigenvalue weighted by Crippen LogP contribution is -2.20. The van der Waals surface area contributed by atoms with Crippen LogP contribution in [0.25, 0.3) is 0 Å². The summed E-state index contributed by atoms with van der Waals surface area (Å²) in [6.45, 7) is -3.02. The second-order valence-corrected chi connectivity index (χ2v) is 5.44. The van der Waals surface area contributed by atoms with Crippen molar-refractivity contribution in [2.24, 2.45) is 0 Å². The summed E-state index contributed by atoms with van der Waals surface area (Å²) < 4.78 is 34.6. The summed E-state index contributed by atoms with van der Waals surface area (Å²) in [7, 11) is 0. The van der Waals surface area contributed by atoms with Gasteiger partial charge in [-0.05, 0) is 71.1 Å². The standard InChI is InChI=1S/C15H12F2INO3/c16-15(17)22-13-7-3-11(4-8-13)19-14(20)9-21-12-5-1-10(18)2-6-12/h1-8,15H,9H2,(H,19,20). The Morgan fingerprint density at radius 2 is 1.64 bits per heavy atom. The summed E-state index contributed by atoms with van der Waals surface area (Å²) in [6, 6.07) is 12.9. The van der Waals surface area contributed by atoms with Gasteiger partial charge < -0.3 is 14.8 Å². The van der Waals surface area contributed by atoms with Crippen molar-refractivity contribution in [2.75, 3.05) is 11.9 Å². The number of hydrogen-bond donors (Lipinski definition) is 1. The molecular weight excluding hydrogens is 407 g/mol. The lowest BCUT2D eigenvalue weighted by Gasteiger charge is -2.09. The number of hydrogen-bond acceptors (Lipinski definition) is 3. The molecule has 0 aliphatic carbocycles. The highest BCUT2D eigenvalue weighted by Gasteiger charge is 2.06. The Morgan fingerprint density at radius 3 is 2.23 bits per heavy atom. The molecule has 0 saturated heterocycles. The molecule has 0 atom stereocenters. The molecule has 1 N–H and O–H groups in total. The molecule has 0 saturated carbocycles. The molecule has 4 nitrogen and oxygen atoms in total. The molecule has 0 unspecified atom stereocenters. The topological polar surface area (TPSA) is 47.6 Å². The van der Waals surface area contributed by atoms with E-state index in [0.717, 1.165) is 3.57 Å². The molecule has 0 spiro atoms. The average Bonchev–Trinajstić information content (AvgIpc) is 2.48. The minimum atomic E-state index is -2.87. The maximum Gasteiger partial charge on any atom is 0.387 e. The molecule has 0 radical (unpaired) electrons. The van der Waals surface area contributed by atoms with Crippen LogP contribution in [-0.4, -0.2) is 19.1 Å². The van der Waals surface area contributed by atoms with E-state index in [-0.39, 0.29) is 18.3 Å². The molecule has 0 aliphatic heterocycles. The maximum absolute atomic E-state index is 12.0. The van der Waals surface area contributed by atoms with E-state index in [0.29, 0.717) is 11.4 Å². The summed E-state index contributed by atoms with van der Waals surface area (Å²) in [5, 5.41) is 2.60.